The molecule has 0 saturated carbocycles. The van der Waals surface area contributed by atoms with Crippen molar-refractivity contribution in [3.8, 4) is 0 Å². The van der Waals surface area contributed by atoms with Crippen LogP contribution in [0.1, 0.15) is 39.1 Å². The Bertz CT molecular complexity index is 783. The molecule has 1 saturated heterocycles. The van der Waals surface area contributed by atoms with E-state index in [1.54, 1.807) is 24.3 Å². The average molecular weight is 357 g/mol. The van der Waals surface area contributed by atoms with E-state index < -0.39 is 0 Å². The number of amides is 2. The van der Waals surface area contributed by atoms with E-state index in [0.29, 0.717) is 29.2 Å². The fourth-order valence-corrected chi connectivity index (χ4v) is 3.28. The van der Waals surface area contributed by atoms with Crippen molar-refractivity contribution in [1.82, 2.24) is 10.2 Å². The highest BCUT2D eigenvalue weighted by Crippen LogP contribution is 2.17. The molecule has 2 amide bonds. The van der Waals surface area contributed by atoms with Crippen molar-refractivity contribution in [2.24, 2.45) is 0 Å². The molecule has 0 aromatic heterocycles. The Balaban J connectivity index is 1.55. The third-order valence-corrected chi connectivity index (χ3v) is 4.70. The van der Waals surface area contributed by atoms with E-state index in [-0.39, 0.29) is 17.9 Å². The lowest BCUT2D eigenvalue weighted by molar-refractivity contribution is 0.0698. The summed E-state index contributed by atoms with van der Waals surface area (Å²) in [6.07, 6.45) is 1.51. The molecule has 1 N–H and O–H groups in total. The van der Waals surface area contributed by atoms with E-state index in [1.807, 2.05) is 36.1 Å². The summed E-state index contributed by atoms with van der Waals surface area (Å²) in [5, 5.41) is 3.63. The number of halogens is 1. The smallest absolute Gasteiger partial charge is 0.253 e. The standard InChI is InChI=1S/C20H21ClN2O2/c1-14-4-2-5-15(12-14)19(24)22-18-8-10-23(11-9-18)20(25)16-6-3-7-17(21)13-16/h2-7,12-13,18H,8-11H2,1H3,(H,22,24). The van der Waals surface area contributed by atoms with E-state index in [0.717, 1.165) is 18.4 Å². The zero-order valence-electron chi connectivity index (χ0n) is 14.2. The lowest BCUT2D eigenvalue weighted by atomic mass is 10.0. The first kappa shape index (κ1) is 17.5. The zero-order chi connectivity index (χ0) is 17.8. The normalized spacial score (nSPS) is 15.0. The van der Waals surface area contributed by atoms with Crippen molar-refractivity contribution in [3.05, 3.63) is 70.2 Å². The van der Waals surface area contributed by atoms with E-state index in [4.69, 9.17) is 11.6 Å². The van der Waals surface area contributed by atoms with Gasteiger partial charge in [-0.2, -0.15) is 0 Å². The van der Waals surface area contributed by atoms with Crippen LogP contribution in [0.5, 0.6) is 0 Å². The van der Waals surface area contributed by atoms with Crippen LogP contribution in [0.15, 0.2) is 48.5 Å². The quantitative estimate of drug-likeness (QED) is 0.911. The Kier molecular flexibility index (Phi) is 5.39. The molecule has 5 heteroatoms. The third kappa shape index (κ3) is 4.40. The highest BCUT2D eigenvalue weighted by molar-refractivity contribution is 6.30. The highest BCUT2D eigenvalue weighted by Gasteiger charge is 2.25. The molecule has 0 radical (unpaired) electrons. The van der Waals surface area contributed by atoms with Gasteiger partial charge in [0.25, 0.3) is 11.8 Å². The number of likely N-dealkylation sites (tertiary alicyclic amines) is 1. The molecule has 0 spiro atoms. The minimum absolute atomic E-state index is 0.00837. The monoisotopic (exact) mass is 356 g/mol. The van der Waals surface area contributed by atoms with Gasteiger partial charge in [-0.25, -0.2) is 0 Å². The van der Waals surface area contributed by atoms with Crippen LogP contribution in [-0.4, -0.2) is 35.8 Å². The number of carbonyl (C=O) groups excluding carboxylic acids is 2. The lowest BCUT2D eigenvalue weighted by Crippen LogP contribution is -2.46. The van der Waals surface area contributed by atoms with Gasteiger partial charge >= 0.3 is 0 Å². The van der Waals surface area contributed by atoms with E-state index >= 15 is 0 Å². The van der Waals surface area contributed by atoms with Gasteiger partial charge in [0.1, 0.15) is 0 Å². The maximum Gasteiger partial charge on any atom is 0.253 e. The lowest BCUT2D eigenvalue weighted by Gasteiger charge is -2.32. The predicted octanol–water partition coefficient (Wildman–Crippen LogP) is 3.68. The Morgan fingerprint density at radius 3 is 2.40 bits per heavy atom. The second-order valence-corrected chi connectivity index (χ2v) is 6.86. The molecule has 4 nitrogen and oxygen atoms in total. The van der Waals surface area contributed by atoms with Crippen LogP contribution in [0.3, 0.4) is 0 Å². The van der Waals surface area contributed by atoms with Crippen LogP contribution in [-0.2, 0) is 0 Å². The molecule has 25 heavy (non-hydrogen) atoms. The van der Waals surface area contributed by atoms with Gasteiger partial charge < -0.3 is 10.2 Å². The summed E-state index contributed by atoms with van der Waals surface area (Å²) in [7, 11) is 0. The Morgan fingerprint density at radius 2 is 1.72 bits per heavy atom. The first-order valence-electron chi connectivity index (χ1n) is 8.45. The van der Waals surface area contributed by atoms with Crippen molar-refractivity contribution in [1.29, 1.82) is 0 Å². The van der Waals surface area contributed by atoms with Gasteiger partial charge in [0.15, 0.2) is 0 Å². The van der Waals surface area contributed by atoms with Gasteiger partial charge in [-0.05, 0) is 50.1 Å². The number of benzene rings is 2. The van der Waals surface area contributed by atoms with Crippen LogP contribution < -0.4 is 5.32 Å². The number of nitrogens with zero attached hydrogens (tertiary/aromatic N) is 1. The number of hydrogen-bond acceptors (Lipinski definition) is 2. The van der Waals surface area contributed by atoms with Gasteiger partial charge in [0.2, 0.25) is 0 Å². The van der Waals surface area contributed by atoms with E-state index in [2.05, 4.69) is 5.32 Å². The Morgan fingerprint density at radius 1 is 1.04 bits per heavy atom. The minimum Gasteiger partial charge on any atom is -0.349 e. The minimum atomic E-state index is -0.0525. The second kappa shape index (κ2) is 7.70. The summed E-state index contributed by atoms with van der Waals surface area (Å²) in [6.45, 7) is 3.23. The van der Waals surface area contributed by atoms with Crippen LogP contribution in [0.2, 0.25) is 5.02 Å². The van der Waals surface area contributed by atoms with Crippen LogP contribution in [0, 0.1) is 6.92 Å². The summed E-state index contributed by atoms with van der Waals surface area (Å²) < 4.78 is 0. The first-order valence-corrected chi connectivity index (χ1v) is 8.83. The van der Waals surface area contributed by atoms with E-state index in [9.17, 15) is 9.59 Å². The van der Waals surface area contributed by atoms with Gasteiger partial charge in [-0.1, -0.05) is 35.4 Å². The average Bonchev–Trinajstić information content (AvgIpc) is 2.62. The molecule has 0 atom stereocenters. The van der Waals surface area contributed by atoms with Crippen LogP contribution in [0.4, 0.5) is 0 Å². The number of hydrogen-bond donors (Lipinski definition) is 1. The van der Waals surface area contributed by atoms with Crippen molar-refractivity contribution in [2.75, 3.05) is 13.1 Å². The topological polar surface area (TPSA) is 49.4 Å². The number of nitrogens with one attached hydrogen (secondary N) is 1. The number of rotatable bonds is 3. The van der Waals surface area contributed by atoms with Crippen LogP contribution >= 0.6 is 11.6 Å². The molecule has 130 valence electrons. The van der Waals surface area contributed by atoms with Gasteiger partial charge in [-0.15, -0.1) is 0 Å². The van der Waals surface area contributed by atoms with Crippen molar-refractivity contribution >= 4 is 23.4 Å². The summed E-state index contributed by atoms with van der Waals surface area (Å²) >= 11 is 5.96. The fraction of sp³-hybridized carbons (Fsp3) is 0.300. The summed E-state index contributed by atoms with van der Waals surface area (Å²) in [6, 6.07) is 14.7. The molecule has 1 heterocycles. The SMILES string of the molecule is Cc1cccc(C(=O)NC2CCN(C(=O)c3cccc(Cl)c3)CC2)c1. The largest absolute Gasteiger partial charge is 0.349 e. The number of aryl methyl sites for hydroxylation is 1. The molecule has 2 aromatic carbocycles. The molecule has 3 rings (SSSR count). The fourth-order valence-electron chi connectivity index (χ4n) is 3.09. The third-order valence-electron chi connectivity index (χ3n) is 4.47. The summed E-state index contributed by atoms with van der Waals surface area (Å²) in [5.74, 6) is -0.0609. The highest BCUT2D eigenvalue weighted by atomic mass is 35.5. The van der Waals surface area contributed by atoms with Gasteiger partial charge in [0, 0.05) is 35.3 Å². The molecule has 1 fully saturated rings. The summed E-state index contributed by atoms with van der Waals surface area (Å²) in [5.41, 5.74) is 2.35. The molecule has 1 aliphatic rings. The van der Waals surface area contributed by atoms with Crippen LogP contribution in [0.25, 0.3) is 0 Å². The Hall–Kier alpha value is -2.33. The molecule has 0 aliphatic carbocycles. The second-order valence-electron chi connectivity index (χ2n) is 6.42. The molecule has 0 bridgehead atoms. The Labute approximate surface area is 152 Å². The van der Waals surface area contributed by atoms with Crippen molar-refractivity contribution < 1.29 is 9.59 Å². The van der Waals surface area contributed by atoms with E-state index in [1.165, 1.54) is 0 Å². The maximum absolute atomic E-state index is 12.5. The number of carbonyl (C=O) groups is 2. The van der Waals surface area contributed by atoms with Crippen molar-refractivity contribution in [2.45, 2.75) is 25.8 Å². The zero-order valence-corrected chi connectivity index (χ0v) is 14.9. The summed E-state index contributed by atoms with van der Waals surface area (Å²) in [4.78, 5) is 26.7. The van der Waals surface area contributed by atoms with Gasteiger partial charge in [-0.3, -0.25) is 9.59 Å². The molecule has 1 aliphatic heterocycles. The molecular formula is C20H21ClN2O2. The molecule has 0 unspecified atom stereocenters. The maximum atomic E-state index is 12.5. The molecular weight excluding hydrogens is 336 g/mol. The van der Waals surface area contributed by atoms with Crippen molar-refractivity contribution in [3.63, 3.8) is 0 Å². The number of piperidine rings is 1. The van der Waals surface area contributed by atoms with Gasteiger partial charge in [0.05, 0.1) is 0 Å². The predicted molar refractivity (Wildman–Crippen MR) is 99.0 cm³/mol. The first-order chi connectivity index (χ1) is 12.0. The molecule has 2 aromatic rings.